The summed E-state index contributed by atoms with van der Waals surface area (Å²) in [7, 11) is 3.45. The second-order valence-electron chi connectivity index (χ2n) is 10.5. The number of piperazine rings is 1. The molecule has 3 heterocycles. The molecule has 0 bridgehead atoms. The molecule has 42 heavy (non-hydrogen) atoms. The standard InChI is InChI=1S/C31H32FN5O4S/c1-35-13-14-42-31(35)34-29(39)28(25-16-21(32)5-8-26(25)38)37-18-20-4-3-19(15-24(20)30(37)40)23-7-6-22(17-27(23)41-2)36-11-9-33-10-12-36/h3-8,13-17,28,31,33,38H,9-12,18H2,1-2H3,(H,34,39). The van der Waals surface area contributed by atoms with Crippen LogP contribution in [0, 0.1) is 5.82 Å². The minimum absolute atomic E-state index is 0.0256. The van der Waals surface area contributed by atoms with E-state index in [1.54, 1.807) is 7.11 Å². The number of nitrogens with zero attached hydrogens (tertiary/aromatic N) is 3. The Morgan fingerprint density at radius 1 is 1.12 bits per heavy atom. The number of hydrogen-bond donors (Lipinski definition) is 3. The molecule has 0 aliphatic carbocycles. The zero-order valence-corrected chi connectivity index (χ0v) is 24.2. The van der Waals surface area contributed by atoms with Gasteiger partial charge in [-0.05, 0) is 52.9 Å². The SMILES string of the molecule is COc1cc(N2CCNCC2)ccc1-c1ccc2c(c1)C(=O)N(C(C(=O)NC1SC=CN1C)c1cc(F)ccc1O)C2. The zero-order valence-electron chi connectivity index (χ0n) is 23.3. The van der Waals surface area contributed by atoms with Crippen molar-refractivity contribution in [1.29, 1.82) is 0 Å². The Bertz CT molecular complexity index is 1560. The van der Waals surface area contributed by atoms with Crippen LogP contribution in [0.25, 0.3) is 11.1 Å². The van der Waals surface area contributed by atoms with Crippen molar-refractivity contribution in [2.45, 2.75) is 18.1 Å². The monoisotopic (exact) mass is 589 g/mol. The van der Waals surface area contributed by atoms with Crippen molar-refractivity contribution in [1.82, 2.24) is 20.4 Å². The summed E-state index contributed by atoms with van der Waals surface area (Å²) >= 11 is 1.40. The molecular formula is C31H32FN5O4S. The molecule has 6 rings (SSSR count). The smallest absolute Gasteiger partial charge is 0.255 e. The van der Waals surface area contributed by atoms with Gasteiger partial charge in [-0.2, -0.15) is 0 Å². The number of fused-ring (bicyclic) bond motifs is 1. The number of carbonyl (C=O) groups is 2. The normalized spacial score (nSPS) is 18.8. The van der Waals surface area contributed by atoms with Crippen molar-refractivity contribution < 1.29 is 23.8 Å². The molecular weight excluding hydrogens is 557 g/mol. The molecule has 3 aliphatic heterocycles. The van der Waals surface area contributed by atoms with E-state index in [2.05, 4.69) is 21.6 Å². The van der Waals surface area contributed by atoms with Crippen LogP contribution in [-0.4, -0.2) is 72.6 Å². The van der Waals surface area contributed by atoms with Crippen molar-refractivity contribution in [2.24, 2.45) is 0 Å². The predicted molar refractivity (Wildman–Crippen MR) is 161 cm³/mol. The largest absolute Gasteiger partial charge is 0.508 e. The average molecular weight is 590 g/mol. The first-order valence-corrected chi connectivity index (χ1v) is 14.7. The number of rotatable bonds is 7. The summed E-state index contributed by atoms with van der Waals surface area (Å²) in [5.41, 5.74) is 3.54. The van der Waals surface area contributed by atoms with Crippen LogP contribution in [0.1, 0.15) is 27.5 Å². The van der Waals surface area contributed by atoms with Crippen LogP contribution in [0.4, 0.5) is 10.1 Å². The quantitative estimate of drug-likeness (QED) is 0.383. The highest BCUT2D eigenvalue weighted by molar-refractivity contribution is 8.02. The molecule has 2 unspecified atom stereocenters. The van der Waals surface area contributed by atoms with E-state index in [0.717, 1.165) is 60.7 Å². The van der Waals surface area contributed by atoms with Crippen LogP contribution in [0.2, 0.25) is 0 Å². The molecule has 3 aromatic rings. The van der Waals surface area contributed by atoms with Crippen LogP contribution in [-0.2, 0) is 11.3 Å². The first-order valence-electron chi connectivity index (χ1n) is 13.7. The number of aromatic hydroxyl groups is 1. The van der Waals surface area contributed by atoms with Gasteiger partial charge in [-0.3, -0.25) is 9.59 Å². The molecule has 218 valence electrons. The van der Waals surface area contributed by atoms with Gasteiger partial charge in [0.2, 0.25) is 5.91 Å². The van der Waals surface area contributed by atoms with Crippen molar-refractivity contribution in [2.75, 3.05) is 45.2 Å². The number of methoxy groups -OCH3 is 1. The number of thioether (sulfide) groups is 1. The number of phenolic OH excluding ortho intramolecular Hbond substituents is 1. The molecule has 9 nitrogen and oxygen atoms in total. The molecule has 3 N–H and O–H groups in total. The van der Waals surface area contributed by atoms with Gasteiger partial charge in [0.25, 0.3) is 5.91 Å². The van der Waals surface area contributed by atoms with Gasteiger partial charge in [-0.25, -0.2) is 4.39 Å². The lowest BCUT2D eigenvalue weighted by molar-refractivity contribution is -0.126. The van der Waals surface area contributed by atoms with Gasteiger partial charge in [-0.1, -0.05) is 23.9 Å². The number of benzene rings is 3. The van der Waals surface area contributed by atoms with Gasteiger partial charge >= 0.3 is 0 Å². The van der Waals surface area contributed by atoms with Gasteiger partial charge in [0, 0.05) is 74.4 Å². The van der Waals surface area contributed by atoms with Gasteiger partial charge < -0.3 is 35.2 Å². The van der Waals surface area contributed by atoms with Crippen LogP contribution < -0.4 is 20.3 Å². The van der Waals surface area contributed by atoms with E-state index in [1.165, 1.54) is 22.7 Å². The number of phenols is 1. The third-order valence-electron chi connectivity index (χ3n) is 7.90. The highest BCUT2D eigenvalue weighted by Crippen LogP contribution is 2.40. The van der Waals surface area contributed by atoms with E-state index in [-0.39, 0.29) is 29.3 Å². The van der Waals surface area contributed by atoms with Crippen LogP contribution in [0.15, 0.2) is 66.2 Å². The number of nitrogens with one attached hydrogen (secondary N) is 2. The lowest BCUT2D eigenvalue weighted by Gasteiger charge is -2.30. The summed E-state index contributed by atoms with van der Waals surface area (Å²) in [4.78, 5) is 33.1. The maximum absolute atomic E-state index is 14.4. The molecule has 0 aromatic heterocycles. The molecule has 3 aliphatic rings. The summed E-state index contributed by atoms with van der Waals surface area (Å²) in [5, 5.41) is 18.8. The number of hydrogen-bond acceptors (Lipinski definition) is 8. The highest BCUT2D eigenvalue weighted by atomic mass is 32.2. The van der Waals surface area contributed by atoms with Crippen molar-refractivity contribution in [3.05, 3.63) is 88.7 Å². The molecule has 2 amide bonds. The first kappa shape index (κ1) is 27.9. The predicted octanol–water partition coefficient (Wildman–Crippen LogP) is 3.86. The lowest BCUT2D eigenvalue weighted by atomic mass is 9.99. The first-order chi connectivity index (χ1) is 20.3. The number of halogens is 1. The zero-order chi connectivity index (χ0) is 29.4. The molecule has 0 saturated carbocycles. The van der Waals surface area contributed by atoms with E-state index in [9.17, 15) is 19.1 Å². The Morgan fingerprint density at radius 3 is 2.67 bits per heavy atom. The Balaban J connectivity index is 1.32. The van der Waals surface area contributed by atoms with Gasteiger partial charge in [0.15, 0.2) is 5.50 Å². The van der Waals surface area contributed by atoms with Crippen LogP contribution >= 0.6 is 11.8 Å². The average Bonchev–Trinajstić information content (AvgIpc) is 3.56. The van der Waals surface area contributed by atoms with Crippen molar-refractivity contribution in [3.8, 4) is 22.6 Å². The Hall–Kier alpha value is -4.22. The molecule has 2 atom stereocenters. The fourth-order valence-electron chi connectivity index (χ4n) is 5.65. The second kappa shape index (κ2) is 11.6. The van der Waals surface area contributed by atoms with Gasteiger partial charge in [-0.15, -0.1) is 0 Å². The van der Waals surface area contributed by atoms with Gasteiger partial charge in [0.1, 0.15) is 23.4 Å². The maximum atomic E-state index is 14.4. The minimum Gasteiger partial charge on any atom is -0.508 e. The summed E-state index contributed by atoms with van der Waals surface area (Å²) < 4.78 is 20.1. The fraction of sp³-hybridized carbons (Fsp3) is 0.290. The third kappa shape index (κ3) is 5.25. The summed E-state index contributed by atoms with van der Waals surface area (Å²) in [6.45, 7) is 3.80. The fourth-order valence-corrected chi connectivity index (χ4v) is 6.51. The molecule has 11 heteroatoms. The summed E-state index contributed by atoms with van der Waals surface area (Å²) in [5.74, 6) is -1.08. The van der Waals surface area contributed by atoms with E-state index in [1.807, 2.05) is 53.9 Å². The van der Waals surface area contributed by atoms with E-state index >= 15 is 0 Å². The Morgan fingerprint density at radius 2 is 1.93 bits per heavy atom. The van der Waals surface area contributed by atoms with Crippen molar-refractivity contribution in [3.63, 3.8) is 0 Å². The number of carbonyl (C=O) groups excluding carboxylic acids is 2. The highest BCUT2D eigenvalue weighted by Gasteiger charge is 2.40. The number of ether oxygens (including phenoxy) is 1. The Labute approximate surface area is 247 Å². The summed E-state index contributed by atoms with van der Waals surface area (Å²) in [6, 6.07) is 13.9. The maximum Gasteiger partial charge on any atom is 0.255 e. The van der Waals surface area contributed by atoms with E-state index in [0.29, 0.717) is 11.3 Å². The van der Waals surface area contributed by atoms with Gasteiger partial charge in [0.05, 0.1) is 7.11 Å². The lowest BCUT2D eigenvalue weighted by Crippen LogP contribution is -2.46. The third-order valence-corrected chi connectivity index (χ3v) is 8.89. The van der Waals surface area contributed by atoms with Crippen molar-refractivity contribution >= 4 is 29.3 Å². The number of anilines is 1. The number of amides is 2. The minimum atomic E-state index is -1.24. The summed E-state index contributed by atoms with van der Waals surface area (Å²) in [6.07, 6.45) is 1.83. The molecule has 0 spiro atoms. The molecule has 1 saturated heterocycles. The van der Waals surface area contributed by atoms with Crippen LogP contribution in [0.5, 0.6) is 11.5 Å². The topological polar surface area (TPSA) is 97.4 Å². The molecule has 3 aromatic carbocycles. The van der Waals surface area contributed by atoms with Crippen LogP contribution in [0.3, 0.4) is 0 Å². The van der Waals surface area contributed by atoms with E-state index < -0.39 is 17.8 Å². The van der Waals surface area contributed by atoms with E-state index in [4.69, 9.17) is 4.74 Å². The molecule has 1 fully saturated rings. The molecule has 0 radical (unpaired) electrons. The second-order valence-corrected chi connectivity index (χ2v) is 11.5. The Kier molecular flexibility index (Phi) is 7.70.